The fourth-order valence-electron chi connectivity index (χ4n) is 2.77. The zero-order chi connectivity index (χ0) is 13.9. The monoisotopic (exact) mass is 262 g/mol. The lowest BCUT2D eigenvalue weighted by Gasteiger charge is -2.29. The molecule has 1 aromatic rings. The Kier molecular flexibility index (Phi) is 4.10. The van der Waals surface area contributed by atoms with Crippen LogP contribution in [0.5, 0.6) is 0 Å². The van der Waals surface area contributed by atoms with Crippen molar-refractivity contribution in [3.05, 3.63) is 35.9 Å². The number of nitrogens with one attached hydrogen (secondary N) is 1. The van der Waals surface area contributed by atoms with E-state index in [0.717, 1.165) is 12.8 Å². The predicted molar refractivity (Wildman–Crippen MR) is 74.5 cm³/mol. The fourth-order valence-corrected chi connectivity index (χ4v) is 2.77. The summed E-state index contributed by atoms with van der Waals surface area (Å²) in [6.45, 7) is 6.41. The number of hydrogen-bond donors (Lipinski definition) is 1. The summed E-state index contributed by atoms with van der Waals surface area (Å²) < 4.78 is 5.09. The summed E-state index contributed by atoms with van der Waals surface area (Å²) in [6, 6.07) is 10.4. The Hall–Kier alpha value is -1.55. The Labute approximate surface area is 114 Å². The fraction of sp³-hybridized carbons (Fsp3) is 0.533. The highest BCUT2D eigenvalue weighted by Gasteiger charge is 2.44. The number of benzene rings is 1. The van der Waals surface area contributed by atoms with Gasteiger partial charge in [-0.25, -0.2) is 15.2 Å². The lowest BCUT2D eigenvalue weighted by atomic mass is 9.84. The highest BCUT2D eigenvalue weighted by molar-refractivity contribution is 5.68. The minimum absolute atomic E-state index is 0.124. The third-order valence-electron chi connectivity index (χ3n) is 3.81. The number of amides is 1. The number of rotatable bonds is 3. The van der Waals surface area contributed by atoms with E-state index in [0.29, 0.717) is 6.61 Å². The van der Waals surface area contributed by atoms with Gasteiger partial charge in [-0.1, -0.05) is 37.3 Å². The zero-order valence-electron chi connectivity index (χ0n) is 11.8. The molecule has 104 valence electrons. The summed E-state index contributed by atoms with van der Waals surface area (Å²) in [5, 5.41) is 1.62. The van der Waals surface area contributed by atoms with Gasteiger partial charge in [0.05, 0.1) is 18.2 Å². The zero-order valence-corrected chi connectivity index (χ0v) is 11.8. The molecule has 0 spiro atoms. The Morgan fingerprint density at radius 2 is 2.11 bits per heavy atom. The Bertz CT molecular complexity index is 435. The van der Waals surface area contributed by atoms with Crippen LogP contribution in [-0.2, 0) is 10.3 Å². The highest BCUT2D eigenvalue weighted by atomic mass is 16.6. The van der Waals surface area contributed by atoms with Gasteiger partial charge >= 0.3 is 6.09 Å². The standard InChI is InChI=1S/C15H22N2O2/c1-4-15(13-9-7-6-8-10-13)11-12(3)17(16-15)14(18)19-5-2/h6-10,12,16H,4-5,11H2,1-3H3. The second-order valence-corrected chi connectivity index (χ2v) is 5.04. The highest BCUT2D eigenvalue weighted by Crippen LogP contribution is 2.36. The molecule has 1 fully saturated rings. The van der Waals surface area contributed by atoms with E-state index >= 15 is 0 Å². The van der Waals surface area contributed by atoms with Crippen LogP contribution in [0.2, 0.25) is 0 Å². The van der Waals surface area contributed by atoms with Crippen molar-refractivity contribution in [1.82, 2.24) is 10.4 Å². The molecule has 1 amide bonds. The molecule has 2 atom stereocenters. The van der Waals surface area contributed by atoms with Gasteiger partial charge in [0.2, 0.25) is 0 Å². The third-order valence-corrected chi connectivity index (χ3v) is 3.81. The van der Waals surface area contributed by atoms with Gasteiger partial charge in [-0.3, -0.25) is 0 Å². The van der Waals surface area contributed by atoms with Crippen LogP contribution < -0.4 is 5.43 Å². The maximum Gasteiger partial charge on any atom is 0.424 e. The molecule has 0 aliphatic carbocycles. The van der Waals surface area contributed by atoms with Gasteiger partial charge in [-0.05, 0) is 32.3 Å². The molecule has 1 aliphatic heterocycles. The first-order chi connectivity index (χ1) is 9.13. The van der Waals surface area contributed by atoms with Crippen molar-refractivity contribution < 1.29 is 9.53 Å². The van der Waals surface area contributed by atoms with E-state index in [2.05, 4.69) is 24.5 Å². The minimum Gasteiger partial charge on any atom is -0.449 e. The van der Waals surface area contributed by atoms with Crippen molar-refractivity contribution >= 4 is 6.09 Å². The second kappa shape index (κ2) is 5.61. The van der Waals surface area contributed by atoms with Gasteiger partial charge in [0, 0.05) is 0 Å². The van der Waals surface area contributed by atoms with E-state index in [1.54, 1.807) is 5.01 Å². The van der Waals surface area contributed by atoms with Gasteiger partial charge in [0.25, 0.3) is 0 Å². The van der Waals surface area contributed by atoms with Gasteiger partial charge in [0.15, 0.2) is 0 Å². The van der Waals surface area contributed by atoms with Crippen molar-refractivity contribution in [3.63, 3.8) is 0 Å². The molecule has 2 unspecified atom stereocenters. The van der Waals surface area contributed by atoms with Crippen LogP contribution >= 0.6 is 0 Å². The molecule has 1 N–H and O–H groups in total. The van der Waals surface area contributed by atoms with Gasteiger partial charge in [0.1, 0.15) is 0 Å². The summed E-state index contributed by atoms with van der Waals surface area (Å²) in [5.74, 6) is 0. The van der Waals surface area contributed by atoms with Crippen LogP contribution in [0, 0.1) is 0 Å². The van der Waals surface area contributed by atoms with Crippen molar-refractivity contribution in [2.24, 2.45) is 0 Å². The van der Waals surface area contributed by atoms with Crippen molar-refractivity contribution in [3.8, 4) is 0 Å². The maximum absolute atomic E-state index is 11.9. The normalized spacial score (nSPS) is 26.5. The first-order valence-corrected chi connectivity index (χ1v) is 6.92. The molecule has 1 aliphatic rings. The maximum atomic E-state index is 11.9. The first-order valence-electron chi connectivity index (χ1n) is 6.92. The number of carbonyl (C=O) groups is 1. The van der Waals surface area contributed by atoms with E-state index in [-0.39, 0.29) is 17.7 Å². The molecule has 0 bridgehead atoms. The van der Waals surface area contributed by atoms with E-state index in [4.69, 9.17) is 4.74 Å². The van der Waals surface area contributed by atoms with Crippen LogP contribution in [0.25, 0.3) is 0 Å². The molecule has 2 rings (SSSR count). The number of hydrogen-bond acceptors (Lipinski definition) is 3. The summed E-state index contributed by atoms with van der Waals surface area (Å²) in [5.41, 5.74) is 4.41. The topological polar surface area (TPSA) is 41.6 Å². The predicted octanol–water partition coefficient (Wildman–Crippen LogP) is 3.05. The van der Waals surface area contributed by atoms with Crippen LogP contribution in [0.15, 0.2) is 30.3 Å². The molecule has 19 heavy (non-hydrogen) atoms. The van der Waals surface area contributed by atoms with Gasteiger partial charge in [-0.15, -0.1) is 0 Å². The van der Waals surface area contributed by atoms with E-state index in [1.807, 2.05) is 32.0 Å². The molecular weight excluding hydrogens is 240 g/mol. The second-order valence-electron chi connectivity index (χ2n) is 5.04. The summed E-state index contributed by atoms with van der Waals surface area (Å²) in [6.07, 6.45) is 1.53. The number of carbonyl (C=O) groups excluding carboxylic acids is 1. The van der Waals surface area contributed by atoms with Gasteiger partial charge < -0.3 is 4.74 Å². The van der Waals surface area contributed by atoms with Crippen LogP contribution in [0.3, 0.4) is 0 Å². The van der Waals surface area contributed by atoms with Crippen molar-refractivity contribution in [2.45, 2.75) is 45.2 Å². The molecule has 1 saturated heterocycles. The number of hydrazine groups is 1. The van der Waals surface area contributed by atoms with Crippen molar-refractivity contribution in [2.75, 3.05) is 6.61 Å². The van der Waals surface area contributed by atoms with Crippen LogP contribution in [-0.4, -0.2) is 23.8 Å². The lowest BCUT2D eigenvalue weighted by Crippen LogP contribution is -2.47. The van der Waals surface area contributed by atoms with Crippen LogP contribution in [0.4, 0.5) is 4.79 Å². The molecule has 1 heterocycles. The SMILES string of the molecule is CCOC(=O)N1NC(CC)(c2ccccc2)CC1C. The Morgan fingerprint density at radius 3 is 2.68 bits per heavy atom. The molecule has 0 radical (unpaired) electrons. The van der Waals surface area contributed by atoms with E-state index in [9.17, 15) is 4.79 Å². The molecule has 0 aromatic heterocycles. The minimum atomic E-state index is -0.291. The summed E-state index contributed by atoms with van der Waals surface area (Å²) in [4.78, 5) is 11.9. The Balaban J connectivity index is 2.23. The Morgan fingerprint density at radius 1 is 1.42 bits per heavy atom. The van der Waals surface area contributed by atoms with E-state index < -0.39 is 0 Å². The molecule has 0 saturated carbocycles. The average Bonchev–Trinajstić information content (AvgIpc) is 2.79. The molecule has 4 heteroatoms. The molecular formula is C15H22N2O2. The quantitative estimate of drug-likeness (QED) is 0.910. The third kappa shape index (κ3) is 2.59. The lowest BCUT2D eigenvalue weighted by molar-refractivity contribution is 0.0791. The summed E-state index contributed by atoms with van der Waals surface area (Å²) in [7, 11) is 0. The summed E-state index contributed by atoms with van der Waals surface area (Å²) >= 11 is 0. The number of nitrogens with zero attached hydrogens (tertiary/aromatic N) is 1. The molecule has 1 aromatic carbocycles. The average molecular weight is 262 g/mol. The number of ether oxygens (including phenoxy) is 1. The largest absolute Gasteiger partial charge is 0.449 e. The smallest absolute Gasteiger partial charge is 0.424 e. The van der Waals surface area contributed by atoms with E-state index in [1.165, 1.54) is 5.56 Å². The van der Waals surface area contributed by atoms with Gasteiger partial charge in [-0.2, -0.15) is 0 Å². The van der Waals surface area contributed by atoms with Crippen LogP contribution in [0.1, 0.15) is 39.2 Å². The first kappa shape index (κ1) is 13.9. The molecule has 4 nitrogen and oxygen atoms in total. The van der Waals surface area contributed by atoms with Crippen molar-refractivity contribution in [1.29, 1.82) is 0 Å².